The van der Waals surface area contributed by atoms with Crippen molar-refractivity contribution in [2.24, 2.45) is 0 Å². The van der Waals surface area contributed by atoms with E-state index in [9.17, 15) is 9.59 Å². The second-order valence-electron chi connectivity index (χ2n) is 5.39. The fourth-order valence-electron chi connectivity index (χ4n) is 2.17. The lowest BCUT2D eigenvalue weighted by Crippen LogP contribution is -2.28. The third-order valence-corrected chi connectivity index (χ3v) is 4.29. The molecule has 2 aromatic carbocycles. The number of rotatable bonds is 6. The van der Waals surface area contributed by atoms with E-state index in [0.717, 1.165) is 11.1 Å². The Kier molecular flexibility index (Phi) is 6.67. The number of hydrogen-bond acceptors (Lipinski definition) is 3. The molecule has 0 unspecified atom stereocenters. The van der Waals surface area contributed by atoms with Gasteiger partial charge in [-0.3, -0.25) is 9.59 Å². The number of ether oxygens (including phenoxy) is 1. The number of amides is 2. The molecular formula is C18H18Cl2N2O3. The zero-order valence-corrected chi connectivity index (χ0v) is 15.4. The van der Waals surface area contributed by atoms with Crippen LogP contribution in [0.5, 0.6) is 5.75 Å². The number of anilines is 1. The Balaban J connectivity index is 1.93. The van der Waals surface area contributed by atoms with Gasteiger partial charge in [-0.1, -0.05) is 41.4 Å². The fourth-order valence-corrected chi connectivity index (χ4v) is 2.52. The van der Waals surface area contributed by atoms with Crippen LogP contribution >= 0.6 is 23.2 Å². The van der Waals surface area contributed by atoms with Gasteiger partial charge in [-0.25, -0.2) is 0 Å². The summed E-state index contributed by atoms with van der Waals surface area (Å²) in [4.78, 5) is 24.0. The Morgan fingerprint density at radius 3 is 2.48 bits per heavy atom. The van der Waals surface area contributed by atoms with Gasteiger partial charge in [-0.15, -0.1) is 0 Å². The summed E-state index contributed by atoms with van der Waals surface area (Å²) in [7, 11) is 1.48. The van der Waals surface area contributed by atoms with Crippen LogP contribution in [0.1, 0.15) is 17.5 Å². The molecular weight excluding hydrogens is 363 g/mol. The molecule has 0 heterocycles. The Morgan fingerprint density at radius 1 is 1.08 bits per heavy atom. The molecule has 2 aromatic rings. The SMILES string of the molecule is COc1cc(Cl)c(C)cc1NC(=O)CC(=O)NCc1ccccc1Cl. The monoisotopic (exact) mass is 380 g/mol. The summed E-state index contributed by atoms with van der Waals surface area (Å²) in [6.45, 7) is 2.07. The maximum Gasteiger partial charge on any atom is 0.233 e. The lowest BCUT2D eigenvalue weighted by Gasteiger charge is -2.12. The molecule has 2 N–H and O–H groups in total. The minimum absolute atomic E-state index is 0.259. The maximum absolute atomic E-state index is 12.1. The number of nitrogens with one attached hydrogen (secondary N) is 2. The number of carbonyl (C=O) groups excluding carboxylic acids is 2. The van der Waals surface area contributed by atoms with Crippen LogP contribution in [0.15, 0.2) is 36.4 Å². The molecule has 0 bridgehead atoms. The first-order valence-corrected chi connectivity index (χ1v) is 8.30. The second kappa shape index (κ2) is 8.74. The second-order valence-corrected chi connectivity index (χ2v) is 6.21. The van der Waals surface area contributed by atoms with Crippen molar-refractivity contribution in [3.8, 4) is 5.75 Å². The van der Waals surface area contributed by atoms with Crippen molar-refractivity contribution >= 4 is 40.7 Å². The highest BCUT2D eigenvalue weighted by Crippen LogP contribution is 2.30. The van der Waals surface area contributed by atoms with Gasteiger partial charge in [-0.2, -0.15) is 0 Å². The molecule has 132 valence electrons. The summed E-state index contributed by atoms with van der Waals surface area (Å²) in [5.41, 5.74) is 2.04. The van der Waals surface area contributed by atoms with Crippen LogP contribution in [0.4, 0.5) is 5.69 Å². The van der Waals surface area contributed by atoms with E-state index in [2.05, 4.69) is 10.6 Å². The average molecular weight is 381 g/mol. The summed E-state index contributed by atoms with van der Waals surface area (Å²) in [5, 5.41) is 6.43. The number of aryl methyl sites for hydroxylation is 1. The average Bonchev–Trinajstić information content (AvgIpc) is 2.57. The van der Waals surface area contributed by atoms with Gasteiger partial charge in [0.15, 0.2) is 0 Å². The number of benzene rings is 2. The van der Waals surface area contributed by atoms with Crippen LogP contribution in [-0.4, -0.2) is 18.9 Å². The van der Waals surface area contributed by atoms with E-state index in [0.29, 0.717) is 21.5 Å². The fraction of sp³-hybridized carbons (Fsp3) is 0.222. The first-order valence-electron chi connectivity index (χ1n) is 7.54. The van der Waals surface area contributed by atoms with Crippen LogP contribution in [0, 0.1) is 6.92 Å². The highest BCUT2D eigenvalue weighted by molar-refractivity contribution is 6.31. The van der Waals surface area contributed by atoms with E-state index >= 15 is 0 Å². The summed E-state index contributed by atoms with van der Waals surface area (Å²) in [5.74, 6) is -0.417. The standard InChI is InChI=1S/C18H18Cl2N2O3/c1-11-7-15(16(25-2)8-14(11)20)22-18(24)9-17(23)21-10-12-5-3-4-6-13(12)19/h3-8H,9-10H2,1-2H3,(H,21,23)(H,22,24). The molecule has 25 heavy (non-hydrogen) atoms. The Bertz CT molecular complexity index is 794. The number of methoxy groups -OCH3 is 1. The number of carbonyl (C=O) groups is 2. The summed E-state index contributed by atoms with van der Waals surface area (Å²) in [6, 6.07) is 10.5. The van der Waals surface area contributed by atoms with Gasteiger partial charge in [0.1, 0.15) is 12.2 Å². The molecule has 0 radical (unpaired) electrons. The number of halogens is 2. The van der Waals surface area contributed by atoms with Crippen molar-refractivity contribution in [3.05, 3.63) is 57.6 Å². The maximum atomic E-state index is 12.1. The van der Waals surface area contributed by atoms with Crippen molar-refractivity contribution in [3.63, 3.8) is 0 Å². The Labute approximate surface area is 156 Å². The van der Waals surface area contributed by atoms with Crippen molar-refractivity contribution in [1.82, 2.24) is 5.32 Å². The van der Waals surface area contributed by atoms with Crippen molar-refractivity contribution in [2.75, 3.05) is 12.4 Å². The Morgan fingerprint density at radius 2 is 1.80 bits per heavy atom. The van der Waals surface area contributed by atoms with Crippen LogP contribution in [0.25, 0.3) is 0 Å². The minimum Gasteiger partial charge on any atom is -0.495 e. The highest BCUT2D eigenvalue weighted by Gasteiger charge is 2.14. The summed E-state index contributed by atoms with van der Waals surface area (Å²) in [6.07, 6.45) is -0.310. The lowest BCUT2D eigenvalue weighted by molar-refractivity contribution is -0.126. The van der Waals surface area contributed by atoms with Gasteiger partial charge < -0.3 is 15.4 Å². The minimum atomic E-state index is -0.448. The van der Waals surface area contributed by atoms with Crippen molar-refractivity contribution in [1.29, 1.82) is 0 Å². The topological polar surface area (TPSA) is 67.4 Å². The normalized spacial score (nSPS) is 10.2. The predicted molar refractivity (Wildman–Crippen MR) is 99.3 cm³/mol. The van der Waals surface area contributed by atoms with Gasteiger partial charge in [0.2, 0.25) is 11.8 Å². The van der Waals surface area contributed by atoms with Crippen LogP contribution in [-0.2, 0) is 16.1 Å². The first-order chi connectivity index (χ1) is 11.9. The van der Waals surface area contributed by atoms with Crippen LogP contribution in [0.3, 0.4) is 0 Å². The molecule has 0 aliphatic heterocycles. The van der Waals surface area contributed by atoms with E-state index in [1.807, 2.05) is 25.1 Å². The molecule has 7 heteroatoms. The van der Waals surface area contributed by atoms with Crippen LogP contribution < -0.4 is 15.4 Å². The lowest BCUT2D eigenvalue weighted by atomic mass is 10.2. The summed E-state index contributed by atoms with van der Waals surface area (Å²) >= 11 is 12.1. The molecule has 0 aromatic heterocycles. The van der Waals surface area contributed by atoms with Gasteiger partial charge in [-0.05, 0) is 30.2 Å². The molecule has 0 spiro atoms. The molecule has 0 aliphatic rings. The molecule has 0 atom stereocenters. The molecule has 0 fully saturated rings. The highest BCUT2D eigenvalue weighted by atomic mass is 35.5. The third kappa shape index (κ3) is 5.37. The zero-order chi connectivity index (χ0) is 18.4. The smallest absolute Gasteiger partial charge is 0.233 e. The van der Waals surface area contributed by atoms with E-state index in [1.165, 1.54) is 7.11 Å². The van der Waals surface area contributed by atoms with E-state index in [1.54, 1.807) is 18.2 Å². The molecule has 0 saturated heterocycles. The molecule has 0 aliphatic carbocycles. The third-order valence-electron chi connectivity index (χ3n) is 3.51. The largest absolute Gasteiger partial charge is 0.495 e. The molecule has 2 rings (SSSR count). The van der Waals surface area contributed by atoms with E-state index in [4.69, 9.17) is 27.9 Å². The van der Waals surface area contributed by atoms with E-state index in [-0.39, 0.29) is 13.0 Å². The van der Waals surface area contributed by atoms with Gasteiger partial charge >= 0.3 is 0 Å². The van der Waals surface area contributed by atoms with E-state index < -0.39 is 11.8 Å². The Hall–Kier alpha value is -2.24. The molecule has 2 amide bonds. The molecule has 5 nitrogen and oxygen atoms in total. The molecule has 0 saturated carbocycles. The van der Waals surface area contributed by atoms with Gasteiger partial charge in [0.05, 0.1) is 12.8 Å². The zero-order valence-electron chi connectivity index (χ0n) is 13.9. The van der Waals surface area contributed by atoms with Crippen molar-refractivity contribution < 1.29 is 14.3 Å². The number of hydrogen-bond donors (Lipinski definition) is 2. The quantitative estimate of drug-likeness (QED) is 0.745. The van der Waals surface area contributed by atoms with Gasteiger partial charge in [0.25, 0.3) is 0 Å². The summed E-state index contributed by atoms with van der Waals surface area (Å²) < 4.78 is 5.19. The first kappa shape index (κ1) is 19.1. The van der Waals surface area contributed by atoms with Crippen LogP contribution in [0.2, 0.25) is 10.0 Å². The predicted octanol–water partition coefficient (Wildman–Crippen LogP) is 3.96. The van der Waals surface area contributed by atoms with Crippen molar-refractivity contribution in [2.45, 2.75) is 19.9 Å². The van der Waals surface area contributed by atoms with Gasteiger partial charge in [0, 0.05) is 22.7 Å².